The molecule has 4 nitrogen and oxygen atoms in total. The van der Waals surface area contributed by atoms with Gasteiger partial charge in [0.25, 0.3) is 0 Å². The monoisotopic (exact) mass is 423 g/mol. The second-order valence-electron chi connectivity index (χ2n) is 7.62. The van der Waals surface area contributed by atoms with Crippen molar-refractivity contribution < 1.29 is 5.11 Å². The highest BCUT2D eigenvalue weighted by atomic mass is 35.5. The summed E-state index contributed by atoms with van der Waals surface area (Å²) >= 11 is 8.21. The summed E-state index contributed by atoms with van der Waals surface area (Å²) in [6.45, 7) is 2.80. The van der Waals surface area contributed by atoms with Crippen molar-refractivity contribution in [1.82, 2.24) is 9.55 Å². The van der Waals surface area contributed by atoms with Crippen LogP contribution in [0.25, 0.3) is 10.8 Å². The predicted octanol–water partition coefficient (Wildman–Crippen LogP) is 6.22. The van der Waals surface area contributed by atoms with E-state index in [0.717, 1.165) is 51.9 Å². The Morgan fingerprint density at radius 3 is 2.69 bits per heavy atom. The minimum absolute atomic E-state index is 0.435. The highest BCUT2D eigenvalue weighted by Gasteiger charge is 2.23. The molecule has 0 saturated carbocycles. The molecule has 6 heteroatoms. The molecular formula is C23H22ClN3OS. The number of nitrogens with zero attached hydrogens (tertiary/aromatic N) is 2. The molecule has 0 amide bonds. The van der Waals surface area contributed by atoms with Gasteiger partial charge in [0, 0.05) is 34.5 Å². The Labute approximate surface area is 178 Å². The lowest BCUT2D eigenvalue weighted by Gasteiger charge is -2.15. The number of aliphatic hydroxyl groups excluding tert-OH is 1. The van der Waals surface area contributed by atoms with E-state index >= 15 is 0 Å². The maximum absolute atomic E-state index is 10.2. The standard InChI is InChI=1S/C23H22ClN3OS/c1-14-17(13-27-11-15-5-2-3-6-16(15)12-27)18(24)9-10-19(14)25-23-26-22-20(28)7-4-8-21(22)29-23/h2-3,5-6,9-12,20,28H,4,7-8,13H2,1H3,(H,25,26). The van der Waals surface area contributed by atoms with Crippen molar-refractivity contribution in [3.8, 4) is 0 Å². The Kier molecular flexibility index (Phi) is 4.82. The van der Waals surface area contributed by atoms with E-state index in [1.807, 2.05) is 12.1 Å². The Morgan fingerprint density at radius 2 is 1.97 bits per heavy atom. The fourth-order valence-corrected chi connectivity index (χ4v) is 5.37. The van der Waals surface area contributed by atoms with E-state index in [2.05, 4.69) is 58.5 Å². The van der Waals surface area contributed by atoms with Crippen molar-refractivity contribution in [3.63, 3.8) is 0 Å². The first-order valence-electron chi connectivity index (χ1n) is 9.85. The number of aryl methyl sites for hydroxylation is 1. The number of anilines is 2. The predicted molar refractivity (Wildman–Crippen MR) is 121 cm³/mol. The van der Waals surface area contributed by atoms with Crippen LogP contribution in [0.3, 0.4) is 0 Å². The van der Waals surface area contributed by atoms with Crippen LogP contribution in [0.1, 0.15) is 40.6 Å². The first kappa shape index (κ1) is 18.7. The fourth-order valence-electron chi connectivity index (χ4n) is 4.03. The van der Waals surface area contributed by atoms with Crippen LogP contribution < -0.4 is 5.32 Å². The smallest absolute Gasteiger partial charge is 0.187 e. The molecule has 1 unspecified atom stereocenters. The molecule has 0 fully saturated rings. The number of fused-ring (bicyclic) bond motifs is 2. The molecule has 29 heavy (non-hydrogen) atoms. The third-order valence-electron chi connectivity index (χ3n) is 5.65. The number of thiazole rings is 1. The molecule has 0 saturated heterocycles. The van der Waals surface area contributed by atoms with E-state index in [-0.39, 0.29) is 0 Å². The van der Waals surface area contributed by atoms with Gasteiger partial charge in [0.1, 0.15) is 0 Å². The summed E-state index contributed by atoms with van der Waals surface area (Å²) in [4.78, 5) is 5.84. The van der Waals surface area contributed by atoms with Gasteiger partial charge in [-0.1, -0.05) is 35.9 Å². The number of hydrogen-bond donors (Lipinski definition) is 2. The van der Waals surface area contributed by atoms with Gasteiger partial charge in [0.2, 0.25) is 0 Å². The summed E-state index contributed by atoms with van der Waals surface area (Å²) in [5.74, 6) is 0. The van der Waals surface area contributed by atoms with Gasteiger partial charge in [-0.2, -0.15) is 0 Å². The first-order valence-corrected chi connectivity index (χ1v) is 11.0. The van der Waals surface area contributed by atoms with Crippen molar-refractivity contribution in [2.45, 2.75) is 38.8 Å². The van der Waals surface area contributed by atoms with Crippen LogP contribution in [0, 0.1) is 6.92 Å². The Balaban J connectivity index is 1.45. The molecule has 0 spiro atoms. The Morgan fingerprint density at radius 1 is 1.21 bits per heavy atom. The van der Waals surface area contributed by atoms with Crippen molar-refractivity contribution in [2.75, 3.05) is 5.32 Å². The van der Waals surface area contributed by atoms with Gasteiger partial charge in [-0.3, -0.25) is 0 Å². The van der Waals surface area contributed by atoms with E-state index in [9.17, 15) is 5.11 Å². The van der Waals surface area contributed by atoms with E-state index < -0.39 is 6.10 Å². The first-order chi connectivity index (χ1) is 14.1. The maximum atomic E-state index is 10.2. The summed E-state index contributed by atoms with van der Waals surface area (Å²) in [6.07, 6.45) is 6.69. The Hall–Kier alpha value is -2.34. The number of halogens is 1. The summed E-state index contributed by atoms with van der Waals surface area (Å²) in [5, 5.41) is 17.7. The van der Waals surface area contributed by atoms with Gasteiger partial charge < -0.3 is 15.0 Å². The molecule has 1 aliphatic rings. The summed E-state index contributed by atoms with van der Waals surface area (Å²) in [6, 6.07) is 12.3. The van der Waals surface area contributed by atoms with Crippen LogP contribution in [0.4, 0.5) is 10.8 Å². The number of nitrogens with one attached hydrogen (secondary N) is 1. The lowest BCUT2D eigenvalue weighted by molar-refractivity contribution is 0.153. The van der Waals surface area contributed by atoms with Crippen LogP contribution in [0.5, 0.6) is 0 Å². The largest absolute Gasteiger partial charge is 0.387 e. The molecule has 4 aromatic rings. The van der Waals surface area contributed by atoms with Crippen molar-refractivity contribution in [1.29, 1.82) is 0 Å². The van der Waals surface area contributed by atoms with E-state index in [4.69, 9.17) is 11.6 Å². The average Bonchev–Trinajstić information content (AvgIpc) is 3.31. The van der Waals surface area contributed by atoms with Crippen molar-refractivity contribution >= 4 is 44.5 Å². The average molecular weight is 424 g/mol. The van der Waals surface area contributed by atoms with Crippen LogP contribution >= 0.6 is 22.9 Å². The van der Waals surface area contributed by atoms with E-state index in [0.29, 0.717) is 6.54 Å². The highest BCUT2D eigenvalue weighted by Crippen LogP contribution is 2.37. The lowest BCUT2D eigenvalue weighted by atomic mass is 10.0. The molecule has 0 aliphatic heterocycles. The molecule has 1 aliphatic carbocycles. The van der Waals surface area contributed by atoms with E-state index in [1.54, 1.807) is 11.3 Å². The van der Waals surface area contributed by atoms with Gasteiger partial charge >= 0.3 is 0 Å². The number of benzene rings is 2. The SMILES string of the molecule is Cc1c(Nc2nc3c(s2)CCCC3O)ccc(Cl)c1Cn1cc2ccccc2c1. The van der Waals surface area contributed by atoms with Crippen molar-refractivity contribution in [3.05, 3.63) is 75.5 Å². The van der Waals surface area contributed by atoms with Crippen LogP contribution in [0.2, 0.25) is 5.02 Å². The van der Waals surface area contributed by atoms with Crippen LogP contribution in [-0.2, 0) is 13.0 Å². The summed E-state index contributed by atoms with van der Waals surface area (Å²) < 4.78 is 2.18. The van der Waals surface area contributed by atoms with Crippen LogP contribution in [-0.4, -0.2) is 14.7 Å². The molecule has 0 radical (unpaired) electrons. The molecular weight excluding hydrogens is 402 g/mol. The lowest BCUT2D eigenvalue weighted by Crippen LogP contribution is -2.07. The number of aliphatic hydroxyl groups is 1. The zero-order valence-electron chi connectivity index (χ0n) is 16.2. The van der Waals surface area contributed by atoms with Gasteiger partial charge in [-0.05, 0) is 60.2 Å². The van der Waals surface area contributed by atoms with Gasteiger partial charge in [-0.25, -0.2) is 4.98 Å². The molecule has 2 aromatic carbocycles. The van der Waals surface area contributed by atoms with Gasteiger partial charge in [0.15, 0.2) is 5.13 Å². The van der Waals surface area contributed by atoms with E-state index in [1.165, 1.54) is 15.6 Å². The summed E-state index contributed by atoms with van der Waals surface area (Å²) in [5.41, 5.74) is 4.05. The van der Waals surface area contributed by atoms with Gasteiger partial charge in [0.05, 0.1) is 11.8 Å². The number of hydrogen-bond acceptors (Lipinski definition) is 4. The second kappa shape index (κ2) is 7.48. The maximum Gasteiger partial charge on any atom is 0.187 e. The Bertz CT molecular complexity index is 1160. The topological polar surface area (TPSA) is 50.1 Å². The van der Waals surface area contributed by atoms with Crippen molar-refractivity contribution in [2.24, 2.45) is 0 Å². The fraction of sp³-hybridized carbons (Fsp3) is 0.261. The third kappa shape index (κ3) is 3.54. The molecule has 2 N–H and O–H groups in total. The molecule has 2 aromatic heterocycles. The molecule has 1 atom stereocenters. The molecule has 148 valence electrons. The third-order valence-corrected chi connectivity index (χ3v) is 7.05. The van der Waals surface area contributed by atoms with Gasteiger partial charge in [-0.15, -0.1) is 11.3 Å². The molecule has 2 heterocycles. The number of rotatable bonds is 4. The zero-order valence-corrected chi connectivity index (χ0v) is 17.7. The molecule has 0 bridgehead atoms. The molecule has 5 rings (SSSR count). The summed E-state index contributed by atoms with van der Waals surface area (Å²) in [7, 11) is 0. The highest BCUT2D eigenvalue weighted by molar-refractivity contribution is 7.15. The van der Waals surface area contributed by atoms with Crippen LogP contribution in [0.15, 0.2) is 48.8 Å². The zero-order chi connectivity index (χ0) is 20.0. The second-order valence-corrected chi connectivity index (χ2v) is 9.11. The minimum atomic E-state index is -0.435. The quantitative estimate of drug-likeness (QED) is 0.409. The normalized spacial score (nSPS) is 16.2. The minimum Gasteiger partial charge on any atom is -0.387 e. The number of aromatic nitrogens is 2.